The van der Waals surface area contributed by atoms with Gasteiger partial charge in [0.05, 0.1) is 34.4 Å². The highest BCUT2D eigenvalue weighted by molar-refractivity contribution is 5.72. The summed E-state index contributed by atoms with van der Waals surface area (Å²) < 4.78 is 17.2. The highest BCUT2D eigenvalue weighted by Crippen LogP contribution is 2.12. The zero-order chi connectivity index (χ0) is 44.9. The van der Waals surface area contributed by atoms with Crippen molar-refractivity contribution in [3.63, 3.8) is 0 Å². The minimum absolute atomic E-state index is 0.0358. The first-order chi connectivity index (χ1) is 29.6. The number of hydrogen-bond acceptors (Lipinski definition) is 6. The lowest BCUT2D eigenvalue weighted by molar-refractivity contribution is -0.887. The number of rotatable bonds is 40. The predicted octanol–water partition coefficient (Wildman–Crippen LogP) is 13.2. The van der Waals surface area contributed by atoms with Crippen LogP contribution >= 0.6 is 0 Å². The van der Waals surface area contributed by atoms with E-state index in [4.69, 9.17) is 14.2 Å². The molecule has 2 atom stereocenters. The SMILES string of the molecule is CC/C=C/C/C=C/C/C=C/C/C=C/C/C=C/C/C=C/CCCCCCC(=O)OCC(COCCC(C(=O)O)[N+](C)(C)C)OC(=O)CCCCCC/C=C/C/C=C/C/C=C/CC. The summed E-state index contributed by atoms with van der Waals surface area (Å²) in [6, 6.07) is -0.630. The molecule has 0 heterocycles. The Balaban J connectivity index is 4.38. The van der Waals surface area contributed by atoms with Crippen LogP contribution in [-0.2, 0) is 28.6 Å². The van der Waals surface area contributed by atoms with Crippen molar-refractivity contribution in [2.24, 2.45) is 0 Å². The maximum absolute atomic E-state index is 12.7. The van der Waals surface area contributed by atoms with Gasteiger partial charge in [-0.15, -0.1) is 0 Å². The van der Waals surface area contributed by atoms with Crippen molar-refractivity contribution >= 4 is 17.9 Å². The van der Waals surface area contributed by atoms with Gasteiger partial charge in [0.1, 0.15) is 6.61 Å². The van der Waals surface area contributed by atoms with Gasteiger partial charge < -0.3 is 23.8 Å². The van der Waals surface area contributed by atoms with Gasteiger partial charge in [-0.3, -0.25) is 9.59 Å². The fraction of sp³-hybridized carbons (Fsp3) is 0.604. The summed E-state index contributed by atoms with van der Waals surface area (Å²) in [5, 5.41) is 9.63. The van der Waals surface area contributed by atoms with E-state index in [1.54, 1.807) is 0 Å². The van der Waals surface area contributed by atoms with Crippen molar-refractivity contribution in [1.29, 1.82) is 0 Å². The first-order valence-electron chi connectivity index (χ1n) is 23.4. The summed E-state index contributed by atoms with van der Waals surface area (Å²) in [7, 11) is 5.50. The lowest BCUT2D eigenvalue weighted by Gasteiger charge is -2.31. The van der Waals surface area contributed by atoms with E-state index >= 15 is 0 Å². The third-order valence-corrected chi connectivity index (χ3v) is 9.67. The van der Waals surface area contributed by atoms with Crippen molar-refractivity contribution in [2.45, 2.75) is 167 Å². The first-order valence-corrected chi connectivity index (χ1v) is 23.4. The lowest BCUT2D eigenvalue weighted by Crippen LogP contribution is -2.50. The number of esters is 2. The van der Waals surface area contributed by atoms with E-state index in [1.807, 2.05) is 21.1 Å². The number of allylic oxidation sites excluding steroid dienone is 18. The number of hydrogen-bond donors (Lipinski definition) is 1. The normalized spacial score (nSPS) is 13.9. The third kappa shape index (κ3) is 41.1. The number of carboxylic acids is 1. The number of carbonyl (C=O) groups excluding carboxylic acids is 2. The maximum atomic E-state index is 12.7. The number of nitrogens with zero attached hydrogens (tertiary/aromatic N) is 1. The molecule has 344 valence electrons. The second-order valence-corrected chi connectivity index (χ2v) is 16.2. The Bertz CT molecular complexity index is 1360. The van der Waals surface area contributed by atoms with E-state index in [2.05, 4.69) is 123 Å². The average molecular weight is 849 g/mol. The molecule has 2 unspecified atom stereocenters. The smallest absolute Gasteiger partial charge is 0.362 e. The molecular weight excluding hydrogens is 763 g/mol. The molecule has 61 heavy (non-hydrogen) atoms. The van der Waals surface area contributed by atoms with Crippen molar-refractivity contribution in [1.82, 2.24) is 0 Å². The van der Waals surface area contributed by atoms with Gasteiger partial charge in [-0.2, -0.15) is 0 Å². The fourth-order valence-electron chi connectivity index (χ4n) is 6.11. The minimum Gasteiger partial charge on any atom is -0.477 e. The van der Waals surface area contributed by atoms with Gasteiger partial charge in [0, 0.05) is 19.3 Å². The van der Waals surface area contributed by atoms with Gasteiger partial charge in [0.2, 0.25) is 0 Å². The highest BCUT2D eigenvalue weighted by Gasteiger charge is 2.31. The number of ether oxygens (including phenoxy) is 3. The quantitative estimate of drug-likeness (QED) is 0.0284. The Labute approximate surface area is 372 Å². The molecule has 0 aliphatic rings. The minimum atomic E-state index is -0.888. The van der Waals surface area contributed by atoms with Gasteiger partial charge in [-0.05, 0) is 96.3 Å². The van der Waals surface area contributed by atoms with E-state index in [0.717, 1.165) is 122 Å². The van der Waals surface area contributed by atoms with Gasteiger partial charge in [-0.25, -0.2) is 4.79 Å². The molecule has 0 aliphatic heterocycles. The van der Waals surface area contributed by atoms with Crippen molar-refractivity contribution in [3.8, 4) is 0 Å². The number of aliphatic carboxylic acids is 1. The molecule has 0 bridgehead atoms. The number of carbonyl (C=O) groups is 3. The van der Waals surface area contributed by atoms with E-state index in [0.29, 0.717) is 19.3 Å². The molecule has 0 aromatic carbocycles. The Morgan fingerprint density at radius 3 is 1.26 bits per heavy atom. The highest BCUT2D eigenvalue weighted by atomic mass is 16.6. The summed E-state index contributed by atoms with van der Waals surface area (Å²) in [4.78, 5) is 37.0. The van der Waals surface area contributed by atoms with Crippen molar-refractivity contribution < 1.29 is 38.2 Å². The molecule has 0 saturated heterocycles. The molecule has 0 amide bonds. The molecule has 8 nitrogen and oxygen atoms in total. The fourth-order valence-corrected chi connectivity index (χ4v) is 6.11. The lowest BCUT2D eigenvalue weighted by atomic mass is 10.1. The van der Waals surface area contributed by atoms with Crippen LogP contribution in [0, 0.1) is 0 Å². The van der Waals surface area contributed by atoms with Crippen LogP contribution in [-0.4, -0.2) is 80.6 Å². The van der Waals surface area contributed by atoms with Gasteiger partial charge in [0.25, 0.3) is 0 Å². The Kier molecular flexibility index (Phi) is 39.9. The van der Waals surface area contributed by atoms with Crippen LogP contribution in [0.3, 0.4) is 0 Å². The molecule has 0 aromatic rings. The van der Waals surface area contributed by atoms with E-state index in [9.17, 15) is 19.5 Å². The summed E-state index contributed by atoms with van der Waals surface area (Å²) in [5.74, 6) is -1.55. The monoisotopic (exact) mass is 849 g/mol. The molecule has 1 N–H and O–H groups in total. The van der Waals surface area contributed by atoms with Crippen LogP contribution in [0.25, 0.3) is 0 Å². The van der Waals surface area contributed by atoms with Gasteiger partial charge in [-0.1, -0.05) is 149 Å². The molecule has 0 fully saturated rings. The van der Waals surface area contributed by atoms with Crippen LogP contribution in [0.5, 0.6) is 0 Å². The number of quaternary nitrogens is 1. The summed E-state index contributed by atoms with van der Waals surface area (Å²) in [6.45, 7) is 4.43. The first kappa shape index (κ1) is 57.0. The molecule has 0 saturated carbocycles. The van der Waals surface area contributed by atoms with Crippen LogP contribution < -0.4 is 0 Å². The second kappa shape index (κ2) is 42.7. The molecule has 8 heteroatoms. The predicted molar refractivity (Wildman–Crippen MR) is 256 cm³/mol. The molecule has 0 aliphatic carbocycles. The van der Waals surface area contributed by atoms with Crippen LogP contribution in [0.4, 0.5) is 0 Å². The molecule has 0 radical (unpaired) electrons. The molecular formula is C53H86NO7+. The molecule has 0 aromatic heterocycles. The van der Waals surface area contributed by atoms with Gasteiger partial charge in [0.15, 0.2) is 12.1 Å². The van der Waals surface area contributed by atoms with Crippen molar-refractivity contribution in [3.05, 3.63) is 109 Å². The van der Waals surface area contributed by atoms with E-state index in [-0.39, 0.29) is 36.2 Å². The van der Waals surface area contributed by atoms with E-state index in [1.165, 1.54) is 0 Å². The van der Waals surface area contributed by atoms with Crippen LogP contribution in [0.2, 0.25) is 0 Å². The molecule has 0 spiro atoms. The third-order valence-electron chi connectivity index (χ3n) is 9.67. The number of carboxylic acid groups (broad SMARTS) is 1. The number of likely N-dealkylation sites (N-methyl/N-ethyl adjacent to an activating group) is 1. The van der Waals surface area contributed by atoms with Crippen LogP contribution in [0.15, 0.2) is 109 Å². The Hall–Kier alpha value is -4.01. The summed E-state index contributed by atoms with van der Waals surface area (Å²) in [5.41, 5.74) is 0. The number of unbranched alkanes of at least 4 members (excludes halogenated alkanes) is 8. The second-order valence-electron chi connectivity index (χ2n) is 16.2. The largest absolute Gasteiger partial charge is 0.477 e. The van der Waals surface area contributed by atoms with Crippen molar-refractivity contribution in [2.75, 3.05) is 41.0 Å². The average Bonchev–Trinajstić information content (AvgIpc) is 3.22. The zero-order valence-corrected chi connectivity index (χ0v) is 39.1. The Morgan fingerprint density at radius 1 is 0.492 bits per heavy atom. The molecule has 0 rings (SSSR count). The summed E-state index contributed by atoms with van der Waals surface area (Å²) in [6.07, 6.45) is 58.5. The van der Waals surface area contributed by atoms with Crippen LogP contribution in [0.1, 0.15) is 155 Å². The topological polar surface area (TPSA) is 99.1 Å². The van der Waals surface area contributed by atoms with E-state index < -0.39 is 18.1 Å². The summed E-state index contributed by atoms with van der Waals surface area (Å²) >= 11 is 0. The van der Waals surface area contributed by atoms with Gasteiger partial charge >= 0.3 is 17.9 Å². The maximum Gasteiger partial charge on any atom is 0.362 e. The Morgan fingerprint density at radius 2 is 0.869 bits per heavy atom. The zero-order valence-electron chi connectivity index (χ0n) is 39.1. The standard InChI is InChI=1S/C53H85NO7/c1-6-8-10-12-14-16-18-20-22-23-24-25-26-27-28-29-30-32-33-35-37-39-41-43-51(55)60-48-49(47-59-46-45-50(53(57)58)54(3,4)5)61-52(56)44-42-40-38-36-34-31-21-19-17-15-13-11-9-7-2/h8-11,14-17,20-22,24-25,27-28,30-32,49-50H,6-7,12-13,18-19,23,26,29,33-48H2,1-5H3/p+1/b10-8+,11-9+,16-14+,17-15+,22-20+,25-24+,28-27+,31-21+,32-30+.